The Morgan fingerprint density at radius 2 is 1.67 bits per heavy atom. The highest BCUT2D eigenvalue weighted by molar-refractivity contribution is 9.12. The summed E-state index contributed by atoms with van der Waals surface area (Å²) < 4.78 is 0.0901. The van der Waals surface area contributed by atoms with E-state index in [0.29, 0.717) is 10.6 Å². The van der Waals surface area contributed by atoms with E-state index in [2.05, 4.69) is 15.9 Å². The largest absolute Gasteiger partial charge is 0.290 e. The summed E-state index contributed by atoms with van der Waals surface area (Å²) >= 11 is 8.68. The second-order valence-corrected chi connectivity index (χ2v) is 4.91. The Bertz CT molecular complexity index is 612. The van der Waals surface area contributed by atoms with E-state index >= 15 is 0 Å². The van der Waals surface area contributed by atoms with Gasteiger partial charge in [0.1, 0.15) is 0 Å². The number of ketones is 3. The van der Waals surface area contributed by atoms with Crippen LogP contribution in [0.25, 0.3) is 0 Å². The number of allylic oxidation sites excluding steroid dienone is 4. The van der Waals surface area contributed by atoms with Gasteiger partial charge >= 0.3 is 0 Å². The summed E-state index contributed by atoms with van der Waals surface area (Å²) in [7, 11) is 0. The first-order valence-electron chi connectivity index (χ1n) is 4.97. The molecule has 5 heteroatoms. The molecule has 0 heterocycles. The van der Waals surface area contributed by atoms with Crippen molar-refractivity contribution in [2.24, 2.45) is 0 Å². The van der Waals surface area contributed by atoms with Gasteiger partial charge in [-0.3, -0.25) is 14.4 Å². The molecular weight excluding hydrogens is 319 g/mol. The van der Waals surface area contributed by atoms with Gasteiger partial charge in [-0.15, -0.1) is 0 Å². The van der Waals surface area contributed by atoms with Crippen molar-refractivity contribution < 1.29 is 14.4 Å². The standard InChI is InChI=1S/C13H6BrClO3/c14-11-6-9(16)5-10(13(11)18)12(17)7-1-3-8(15)4-2-7/h1-6H. The van der Waals surface area contributed by atoms with Crippen molar-refractivity contribution in [3.8, 4) is 0 Å². The van der Waals surface area contributed by atoms with E-state index in [1.807, 2.05) is 0 Å². The van der Waals surface area contributed by atoms with Crippen LogP contribution in [-0.2, 0) is 9.59 Å². The van der Waals surface area contributed by atoms with Crippen LogP contribution in [0.3, 0.4) is 0 Å². The van der Waals surface area contributed by atoms with Crippen molar-refractivity contribution in [3.05, 3.63) is 57.1 Å². The van der Waals surface area contributed by atoms with Gasteiger partial charge in [0.05, 0.1) is 10.1 Å². The smallest absolute Gasteiger partial charge is 0.204 e. The number of carbonyl (C=O) groups excluding carboxylic acids is 3. The van der Waals surface area contributed by atoms with Gasteiger partial charge in [-0.25, -0.2) is 0 Å². The quantitative estimate of drug-likeness (QED) is 0.477. The summed E-state index contributed by atoms with van der Waals surface area (Å²) in [6.07, 6.45) is 2.19. The van der Waals surface area contributed by atoms with Gasteiger partial charge in [0.25, 0.3) is 0 Å². The average Bonchev–Trinajstić information content (AvgIpc) is 2.34. The molecule has 0 unspecified atom stereocenters. The number of benzene rings is 1. The molecule has 0 aromatic heterocycles. The van der Waals surface area contributed by atoms with Gasteiger partial charge in [0.15, 0.2) is 11.6 Å². The zero-order valence-electron chi connectivity index (χ0n) is 8.94. The van der Waals surface area contributed by atoms with Crippen molar-refractivity contribution in [2.75, 3.05) is 0 Å². The molecule has 0 saturated heterocycles. The molecule has 1 aromatic rings. The van der Waals surface area contributed by atoms with Crippen LogP contribution in [0, 0.1) is 0 Å². The second-order valence-electron chi connectivity index (χ2n) is 3.62. The summed E-state index contributed by atoms with van der Waals surface area (Å²) in [5.41, 5.74) is 0.172. The number of Topliss-reactive ketones (excluding diaryl/α,β-unsaturated/α-hetero) is 2. The molecule has 2 rings (SSSR count). The minimum atomic E-state index is -0.491. The Labute approximate surface area is 116 Å². The number of halogens is 2. The van der Waals surface area contributed by atoms with Crippen LogP contribution in [-0.4, -0.2) is 17.3 Å². The van der Waals surface area contributed by atoms with Gasteiger partial charge < -0.3 is 0 Å². The third-order valence-electron chi connectivity index (χ3n) is 2.37. The number of rotatable bonds is 2. The van der Waals surface area contributed by atoms with Crippen LogP contribution in [0.5, 0.6) is 0 Å². The van der Waals surface area contributed by atoms with Gasteiger partial charge in [-0.05, 0) is 40.2 Å². The molecule has 0 N–H and O–H groups in total. The third kappa shape index (κ3) is 2.49. The summed E-state index contributed by atoms with van der Waals surface area (Å²) in [5, 5.41) is 0.493. The van der Waals surface area contributed by atoms with Gasteiger partial charge in [0.2, 0.25) is 5.78 Å². The van der Waals surface area contributed by atoms with Crippen molar-refractivity contribution in [2.45, 2.75) is 0 Å². The normalized spacial score (nSPS) is 15.2. The number of carbonyl (C=O) groups is 3. The topological polar surface area (TPSA) is 51.2 Å². The summed E-state index contributed by atoms with van der Waals surface area (Å²) in [6.45, 7) is 0. The Hall–Kier alpha value is -1.52. The fraction of sp³-hybridized carbons (Fsp3) is 0. The maximum atomic E-state index is 12.1. The Morgan fingerprint density at radius 3 is 2.28 bits per heavy atom. The number of hydrogen-bond donors (Lipinski definition) is 0. The lowest BCUT2D eigenvalue weighted by atomic mass is 9.95. The predicted octanol–water partition coefficient (Wildman–Crippen LogP) is 2.88. The van der Waals surface area contributed by atoms with Gasteiger partial charge in [-0.2, -0.15) is 0 Å². The Balaban J connectivity index is 2.38. The van der Waals surface area contributed by atoms with Crippen molar-refractivity contribution in [1.29, 1.82) is 0 Å². The molecule has 0 spiro atoms. The van der Waals surface area contributed by atoms with Crippen LogP contribution in [0.2, 0.25) is 5.02 Å². The molecule has 0 bridgehead atoms. The molecular formula is C13H6BrClO3. The maximum Gasteiger partial charge on any atom is 0.204 e. The van der Waals surface area contributed by atoms with E-state index in [-0.39, 0.29) is 10.1 Å². The summed E-state index contributed by atoms with van der Waals surface area (Å²) in [4.78, 5) is 35.2. The fourth-order valence-electron chi connectivity index (χ4n) is 1.49. The fourth-order valence-corrected chi connectivity index (χ4v) is 2.06. The van der Waals surface area contributed by atoms with Crippen LogP contribution < -0.4 is 0 Å². The first-order valence-corrected chi connectivity index (χ1v) is 6.14. The highest BCUT2D eigenvalue weighted by Gasteiger charge is 2.26. The lowest BCUT2D eigenvalue weighted by Gasteiger charge is -2.08. The van der Waals surface area contributed by atoms with Crippen LogP contribution in [0.1, 0.15) is 10.4 Å². The lowest BCUT2D eigenvalue weighted by molar-refractivity contribution is -0.114. The van der Waals surface area contributed by atoms with E-state index in [1.165, 1.54) is 12.1 Å². The first-order chi connectivity index (χ1) is 8.49. The molecule has 3 nitrogen and oxygen atoms in total. The molecule has 1 aliphatic rings. The monoisotopic (exact) mass is 324 g/mol. The maximum absolute atomic E-state index is 12.1. The summed E-state index contributed by atoms with van der Waals surface area (Å²) in [6, 6.07) is 6.12. The van der Waals surface area contributed by atoms with E-state index in [1.54, 1.807) is 12.1 Å². The highest BCUT2D eigenvalue weighted by Crippen LogP contribution is 2.22. The molecule has 18 heavy (non-hydrogen) atoms. The SMILES string of the molecule is O=C1C=C(Br)C(=O)C(C(=O)c2ccc(Cl)cc2)=C1. The minimum Gasteiger partial charge on any atom is -0.290 e. The highest BCUT2D eigenvalue weighted by atomic mass is 79.9. The van der Waals surface area contributed by atoms with Gasteiger partial charge in [-0.1, -0.05) is 11.6 Å². The molecule has 0 aliphatic heterocycles. The zero-order valence-corrected chi connectivity index (χ0v) is 11.3. The molecule has 0 saturated carbocycles. The lowest BCUT2D eigenvalue weighted by Crippen LogP contribution is -2.18. The molecule has 0 radical (unpaired) electrons. The van der Waals surface area contributed by atoms with Crippen LogP contribution in [0.4, 0.5) is 0 Å². The van der Waals surface area contributed by atoms with Crippen LogP contribution >= 0.6 is 27.5 Å². The van der Waals surface area contributed by atoms with E-state index < -0.39 is 17.3 Å². The minimum absolute atomic E-state index is 0.0901. The first kappa shape index (κ1) is 12.9. The Morgan fingerprint density at radius 1 is 1.06 bits per heavy atom. The van der Waals surface area contributed by atoms with Crippen molar-refractivity contribution in [1.82, 2.24) is 0 Å². The average molecular weight is 326 g/mol. The predicted molar refractivity (Wildman–Crippen MR) is 70.9 cm³/mol. The number of hydrogen-bond acceptors (Lipinski definition) is 3. The molecule has 1 aliphatic carbocycles. The molecule has 0 atom stereocenters. The van der Waals surface area contributed by atoms with E-state index in [4.69, 9.17) is 11.6 Å². The molecule has 90 valence electrons. The third-order valence-corrected chi connectivity index (χ3v) is 3.21. The van der Waals surface area contributed by atoms with E-state index in [9.17, 15) is 14.4 Å². The van der Waals surface area contributed by atoms with E-state index in [0.717, 1.165) is 12.2 Å². The molecule has 0 amide bonds. The molecule has 0 fully saturated rings. The van der Waals surface area contributed by atoms with Gasteiger partial charge in [0, 0.05) is 22.7 Å². The molecule has 1 aromatic carbocycles. The summed E-state index contributed by atoms with van der Waals surface area (Å²) in [5.74, 6) is -1.37. The second kappa shape index (κ2) is 5.00. The Kier molecular flexibility index (Phi) is 3.59. The zero-order chi connectivity index (χ0) is 13.3. The van der Waals surface area contributed by atoms with Crippen LogP contribution in [0.15, 0.2) is 46.5 Å². The van der Waals surface area contributed by atoms with Crippen molar-refractivity contribution in [3.63, 3.8) is 0 Å². The van der Waals surface area contributed by atoms with Crippen molar-refractivity contribution >= 4 is 44.9 Å².